The van der Waals surface area contributed by atoms with E-state index in [9.17, 15) is 0 Å². The Morgan fingerprint density at radius 1 is 0.895 bits per heavy atom. The first-order valence-corrected chi connectivity index (χ1v) is 6.75. The molecule has 1 heterocycles. The molecule has 0 aliphatic carbocycles. The molecule has 1 N–H and O–H groups in total. The van der Waals surface area contributed by atoms with Crippen molar-refractivity contribution in [3.05, 3.63) is 35.4 Å². The second kappa shape index (κ2) is 10.5. The van der Waals surface area contributed by atoms with Gasteiger partial charge in [0, 0.05) is 13.2 Å². The van der Waals surface area contributed by atoms with Gasteiger partial charge in [-0.3, -0.25) is 0 Å². The van der Waals surface area contributed by atoms with Gasteiger partial charge >= 0.3 is 0 Å². The zero-order valence-electron chi connectivity index (χ0n) is 11.8. The summed E-state index contributed by atoms with van der Waals surface area (Å²) in [6, 6.07) is 8.54. The molecule has 1 aromatic carbocycles. The van der Waals surface area contributed by atoms with E-state index in [-0.39, 0.29) is 0 Å². The highest BCUT2D eigenvalue weighted by Crippen LogP contribution is 2.10. The van der Waals surface area contributed by atoms with Crippen molar-refractivity contribution in [2.24, 2.45) is 10.4 Å². The van der Waals surface area contributed by atoms with Crippen LogP contribution in [0, 0.1) is 0 Å². The lowest BCUT2D eigenvalue weighted by atomic mass is 10.0. The Balaban J connectivity index is 0.000000524. The molecule has 2 rings (SSSR count). The van der Waals surface area contributed by atoms with Crippen LogP contribution >= 0.6 is 0 Å². The zero-order valence-corrected chi connectivity index (χ0v) is 11.8. The second-order valence-corrected chi connectivity index (χ2v) is 3.96. The van der Waals surface area contributed by atoms with Gasteiger partial charge < -0.3 is 9.47 Å². The van der Waals surface area contributed by atoms with Crippen LogP contribution in [0.5, 0.6) is 0 Å². The van der Waals surface area contributed by atoms with E-state index in [0.717, 1.165) is 39.3 Å². The summed E-state index contributed by atoms with van der Waals surface area (Å²) in [5.41, 5.74) is 5.02. The molecule has 0 fully saturated rings. The summed E-state index contributed by atoms with van der Waals surface area (Å²) in [5.74, 6) is 0. The van der Waals surface area contributed by atoms with E-state index >= 15 is 0 Å². The number of benzene rings is 1. The van der Waals surface area contributed by atoms with E-state index in [2.05, 4.69) is 40.2 Å². The van der Waals surface area contributed by atoms with Crippen LogP contribution in [0.15, 0.2) is 34.7 Å². The van der Waals surface area contributed by atoms with Crippen LogP contribution in [-0.2, 0) is 22.3 Å². The fraction of sp³-hybridized carbons (Fsp3) is 0.571. The summed E-state index contributed by atoms with van der Waals surface area (Å²) in [6.45, 7) is 7.26. The van der Waals surface area contributed by atoms with E-state index in [0.29, 0.717) is 0 Å². The third kappa shape index (κ3) is 8.29. The van der Waals surface area contributed by atoms with Gasteiger partial charge in [-0.25, -0.2) is 0 Å². The van der Waals surface area contributed by atoms with Crippen LogP contribution in [0.4, 0.5) is 0 Å². The monoisotopic (exact) mass is 265 g/mol. The Labute approximate surface area is 115 Å². The molecule has 0 saturated heterocycles. The van der Waals surface area contributed by atoms with E-state index in [4.69, 9.17) is 9.47 Å². The fourth-order valence-electron chi connectivity index (χ4n) is 1.70. The molecule has 1 aliphatic rings. The number of nitrogens with zero attached hydrogens (tertiary/aromatic N) is 2. The molecule has 0 spiro atoms. The number of nitrogens with one attached hydrogen (secondary N) is 1. The average Bonchev–Trinajstić information content (AvgIpc) is 3.29. The largest absolute Gasteiger partial charge is 0.381 e. The highest BCUT2D eigenvalue weighted by atomic mass is 16.5. The standard InChI is InChI=1S/C14H22O2.HN3/c1-3-15-11-9-13-7-5-6-8-14(13)10-12-16-4-2;1-2-3-1/h5-8H,3-4,9-12H2,1-2H3;(H,1,2,3). The maximum Gasteiger partial charge on any atom is 0.0506 e. The zero-order chi connectivity index (χ0) is 13.8. The lowest BCUT2D eigenvalue weighted by molar-refractivity contribution is 0.147. The fourth-order valence-corrected chi connectivity index (χ4v) is 1.70. The van der Waals surface area contributed by atoms with Crippen LogP contribution in [0.3, 0.4) is 0 Å². The van der Waals surface area contributed by atoms with Gasteiger partial charge in [-0.05, 0) is 48.3 Å². The molecular weight excluding hydrogens is 242 g/mol. The highest BCUT2D eigenvalue weighted by molar-refractivity contribution is 5.27. The quantitative estimate of drug-likeness (QED) is 0.735. The normalized spacial score (nSPS) is 11.5. The van der Waals surface area contributed by atoms with E-state index < -0.39 is 0 Å². The second-order valence-electron chi connectivity index (χ2n) is 3.96. The predicted octanol–water partition coefficient (Wildman–Crippen LogP) is 2.72. The maximum absolute atomic E-state index is 5.39. The van der Waals surface area contributed by atoms with Crippen molar-refractivity contribution in [2.75, 3.05) is 26.4 Å². The average molecular weight is 265 g/mol. The number of hydrogen-bond acceptors (Lipinski definition) is 5. The van der Waals surface area contributed by atoms with Crippen LogP contribution in [-0.4, -0.2) is 26.4 Å². The summed E-state index contributed by atoms with van der Waals surface area (Å²) >= 11 is 0. The molecule has 19 heavy (non-hydrogen) atoms. The molecule has 5 heteroatoms. The Morgan fingerprint density at radius 2 is 1.32 bits per heavy atom. The molecule has 0 amide bonds. The molecule has 0 aromatic heterocycles. The third-order valence-corrected chi connectivity index (χ3v) is 2.66. The van der Waals surface area contributed by atoms with E-state index in [1.54, 1.807) is 0 Å². The maximum atomic E-state index is 5.39. The van der Waals surface area contributed by atoms with Gasteiger partial charge in [0.2, 0.25) is 0 Å². The summed E-state index contributed by atoms with van der Waals surface area (Å²) in [6.07, 6.45) is 1.99. The molecule has 0 atom stereocenters. The molecule has 0 saturated carbocycles. The van der Waals surface area contributed by atoms with Crippen molar-refractivity contribution in [2.45, 2.75) is 26.7 Å². The number of rotatable bonds is 8. The predicted molar refractivity (Wildman–Crippen MR) is 74.8 cm³/mol. The molecule has 1 aliphatic heterocycles. The van der Waals surface area contributed by atoms with Crippen molar-refractivity contribution in [1.29, 1.82) is 0 Å². The minimum absolute atomic E-state index is 0.793. The molecule has 0 radical (unpaired) electrons. The minimum Gasteiger partial charge on any atom is -0.381 e. The summed E-state index contributed by atoms with van der Waals surface area (Å²) in [4.78, 5) is 0. The van der Waals surface area contributed by atoms with Crippen molar-refractivity contribution >= 4 is 0 Å². The topological polar surface area (TPSA) is 65.1 Å². The molecule has 0 unspecified atom stereocenters. The highest BCUT2D eigenvalue weighted by Gasteiger charge is 2.01. The van der Waals surface area contributed by atoms with E-state index in [1.165, 1.54) is 11.1 Å². The molecule has 5 nitrogen and oxygen atoms in total. The Morgan fingerprint density at radius 3 is 1.63 bits per heavy atom. The van der Waals surface area contributed by atoms with Gasteiger partial charge in [0.15, 0.2) is 0 Å². The number of hydrogen-bond donors (Lipinski definition) is 1. The molecular formula is C14H23N3O2. The first-order chi connectivity index (χ1) is 9.38. The Kier molecular flexibility index (Phi) is 8.59. The molecule has 1 aromatic rings. The van der Waals surface area contributed by atoms with Gasteiger partial charge in [-0.1, -0.05) is 24.3 Å². The van der Waals surface area contributed by atoms with Crippen LogP contribution in [0.2, 0.25) is 0 Å². The summed E-state index contributed by atoms with van der Waals surface area (Å²) < 4.78 is 10.8. The van der Waals surface area contributed by atoms with Crippen LogP contribution < -0.4 is 5.53 Å². The van der Waals surface area contributed by atoms with Crippen molar-refractivity contribution in [1.82, 2.24) is 5.53 Å². The first kappa shape index (κ1) is 15.6. The summed E-state index contributed by atoms with van der Waals surface area (Å²) in [5, 5.41) is 6.25. The Hall–Kier alpha value is -1.46. The lowest BCUT2D eigenvalue weighted by Gasteiger charge is -2.09. The van der Waals surface area contributed by atoms with Gasteiger partial charge in [0.1, 0.15) is 0 Å². The van der Waals surface area contributed by atoms with Gasteiger partial charge in [-0.15, -0.1) is 0 Å². The lowest BCUT2D eigenvalue weighted by Crippen LogP contribution is -2.04. The summed E-state index contributed by atoms with van der Waals surface area (Å²) in [7, 11) is 0. The van der Waals surface area contributed by atoms with Crippen molar-refractivity contribution in [3.8, 4) is 0 Å². The van der Waals surface area contributed by atoms with Gasteiger partial charge in [0.25, 0.3) is 0 Å². The van der Waals surface area contributed by atoms with Crippen molar-refractivity contribution < 1.29 is 9.47 Å². The number of ether oxygens (including phenoxy) is 2. The van der Waals surface area contributed by atoms with Crippen molar-refractivity contribution in [3.63, 3.8) is 0 Å². The molecule has 0 bridgehead atoms. The smallest absolute Gasteiger partial charge is 0.0506 e. The Bertz CT molecular complexity index is 336. The van der Waals surface area contributed by atoms with Crippen LogP contribution in [0.1, 0.15) is 25.0 Å². The van der Waals surface area contributed by atoms with E-state index in [1.807, 2.05) is 13.8 Å². The van der Waals surface area contributed by atoms with Gasteiger partial charge in [0.05, 0.1) is 13.2 Å². The molecule has 106 valence electrons. The van der Waals surface area contributed by atoms with Crippen LogP contribution in [0.25, 0.3) is 0 Å². The minimum atomic E-state index is 0.793. The van der Waals surface area contributed by atoms with Gasteiger partial charge in [-0.2, -0.15) is 5.53 Å². The third-order valence-electron chi connectivity index (χ3n) is 2.66. The first-order valence-electron chi connectivity index (χ1n) is 6.75. The SMILES string of the molecule is CCOCCc1ccccc1CCOCC.N1=NN1.